The predicted molar refractivity (Wildman–Crippen MR) is 135 cm³/mol. The smallest absolute Gasteiger partial charge is 0.427 e. The van der Waals surface area contributed by atoms with Gasteiger partial charge in [0.05, 0.1) is 9.34 Å². The van der Waals surface area contributed by atoms with Crippen molar-refractivity contribution in [1.82, 2.24) is 15.4 Å². The van der Waals surface area contributed by atoms with Crippen LogP contribution < -0.4 is 16.0 Å². The van der Waals surface area contributed by atoms with E-state index in [-0.39, 0.29) is 0 Å². The molecule has 0 fully saturated rings. The van der Waals surface area contributed by atoms with Crippen LogP contribution >= 0.6 is 22.9 Å². The number of carbonyl (C=O) groups is 3. The van der Waals surface area contributed by atoms with Crippen LogP contribution in [0.3, 0.4) is 0 Å². The number of nitrogens with zero attached hydrogens (tertiary/aromatic N) is 2. The molecule has 0 bridgehead atoms. The van der Waals surface area contributed by atoms with E-state index in [2.05, 4.69) is 20.9 Å². The number of carbonyl (C=O) groups excluding carboxylic acids is 3. The number of rotatable bonds is 5. The van der Waals surface area contributed by atoms with E-state index in [0.29, 0.717) is 41.1 Å². The number of thiophene rings is 1. The molecule has 2 aromatic rings. The van der Waals surface area contributed by atoms with Crippen molar-refractivity contribution in [2.75, 3.05) is 23.7 Å². The van der Waals surface area contributed by atoms with Crippen molar-refractivity contribution in [1.29, 1.82) is 0 Å². The Kier molecular flexibility index (Phi) is 8.24. The molecule has 10 nitrogen and oxygen atoms in total. The third-order valence-electron chi connectivity index (χ3n) is 4.94. The molecule has 3 amide bonds. The number of hydroxylamine groups is 2. The second kappa shape index (κ2) is 10.8. The van der Waals surface area contributed by atoms with E-state index in [9.17, 15) is 14.4 Å². The van der Waals surface area contributed by atoms with Crippen LogP contribution in [0.5, 0.6) is 0 Å². The summed E-state index contributed by atoms with van der Waals surface area (Å²) < 4.78 is 5.76. The van der Waals surface area contributed by atoms with Gasteiger partial charge in [-0.1, -0.05) is 17.7 Å². The first-order valence-electron chi connectivity index (χ1n) is 11.1. The molecule has 2 aromatic heterocycles. The lowest BCUT2D eigenvalue weighted by Gasteiger charge is -2.25. The first-order valence-corrected chi connectivity index (χ1v) is 12.3. The van der Waals surface area contributed by atoms with Crippen molar-refractivity contribution in [3.8, 4) is 0 Å². The monoisotopic (exact) mass is 523 g/mol. The Morgan fingerprint density at radius 2 is 1.74 bits per heavy atom. The van der Waals surface area contributed by atoms with Gasteiger partial charge < -0.3 is 20.2 Å². The molecule has 0 unspecified atom stereocenters. The minimum atomic E-state index is -1.21. The van der Waals surface area contributed by atoms with E-state index >= 15 is 0 Å². The fourth-order valence-corrected chi connectivity index (χ4v) is 4.17. The highest BCUT2D eigenvalue weighted by Crippen LogP contribution is 2.26. The average Bonchev–Trinajstić information content (AvgIpc) is 3.02. The van der Waals surface area contributed by atoms with Crippen molar-refractivity contribution in [2.45, 2.75) is 58.6 Å². The molecule has 1 aliphatic rings. The molecule has 0 aliphatic carbocycles. The molecular weight excluding hydrogens is 494 g/mol. The van der Waals surface area contributed by atoms with E-state index in [1.807, 2.05) is 6.07 Å². The highest BCUT2D eigenvalue weighted by Gasteiger charge is 2.30. The minimum absolute atomic E-state index is 0.371. The predicted octanol–water partition coefficient (Wildman–Crippen LogP) is 4.60. The molecule has 0 aromatic carbocycles. The Bertz CT molecular complexity index is 1100. The Balaban J connectivity index is 1.56. The van der Waals surface area contributed by atoms with Gasteiger partial charge in [0.15, 0.2) is 0 Å². The van der Waals surface area contributed by atoms with Gasteiger partial charge in [-0.05, 0) is 64.8 Å². The van der Waals surface area contributed by atoms with Crippen LogP contribution in [0.15, 0.2) is 24.3 Å². The summed E-state index contributed by atoms with van der Waals surface area (Å²) in [7, 11) is 0. The summed E-state index contributed by atoms with van der Waals surface area (Å²) in [6.07, 6.45) is 0.402. The highest BCUT2D eigenvalue weighted by atomic mass is 35.5. The zero-order valence-electron chi connectivity index (χ0n) is 20.4. The summed E-state index contributed by atoms with van der Waals surface area (Å²) in [4.78, 5) is 47.0. The molecular formula is C23H30ClN5O5S. The van der Waals surface area contributed by atoms with Crippen molar-refractivity contribution in [2.24, 2.45) is 0 Å². The van der Waals surface area contributed by atoms with E-state index in [1.165, 1.54) is 11.3 Å². The molecule has 3 N–H and O–H groups in total. The number of fused-ring (bicyclic) bond motifs is 1. The zero-order valence-corrected chi connectivity index (χ0v) is 21.9. The number of anilines is 2. The van der Waals surface area contributed by atoms with E-state index in [1.54, 1.807) is 57.9 Å². The first-order chi connectivity index (χ1) is 16.3. The average molecular weight is 524 g/mol. The fraction of sp³-hybridized carbons (Fsp3) is 0.478. The summed E-state index contributed by atoms with van der Waals surface area (Å²) in [5.41, 5.74) is -0.0417. The van der Waals surface area contributed by atoms with Crippen LogP contribution in [-0.2, 0) is 27.2 Å². The van der Waals surface area contributed by atoms with Gasteiger partial charge in [-0.3, -0.25) is 10.1 Å². The number of ether oxygens (including phenoxy) is 1. The summed E-state index contributed by atoms with van der Waals surface area (Å²) in [6, 6.07) is 6.43. The van der Waals surface area contributed by atoms with Gasteiger partial charge >= 0.3 is 12.2 Å². The van der Waals surface area contributed by atoms with Crippen molar-refractivity contribution in [3.63, 3.8) is 0 Å². The first kappa shape index (κ1) is 26.7. The molecule has 12 heteroatoms. The summed E-state index contributed by atoms with van der Waals surface area (Å²) in [5, 5.41) is 10.2. The van der Waals surface area contributed by atoms with Crippen LogP contribution in [0.4, 0.5) is 20.4 Å². The minimum Gasteiger partial charge on any atom is -0.427 e. The number of aromatic nitrogens is 1. The van der Waals surface area contributed by atoms with Crippen LogP contribution in [-0.4, -0.2) is 52.4 Å². The maximum absolute atomic E-state index is 12.9. The Hall–Kier alpha value is -2.89. The van der Waals surface area contributed by atoms with Gasteiger partial charge in [0, 0.05) is 25.2 Å². The van der Waals surface area contributed by atoms with Gasteiger partial charge in [-0.15, -0.1) is 16.4 Å². The highest BCUT2D eigenvalue weighted by molar-refractivity contribution is 7.20. The molecule has 0 radical (unpaired) electrons. The molecule has 1 aliphatic heterocycles. The van der Waals surface area contributed by atoms with Crippen molar-refractivity contribution >= 4 is 51.9 Å². The summed E-state index contributed by atoms with van der Waals surface area (Å²) >= 11 is 7.10. The van der Waals surface area contributed by atoms with E-state index < -0.39 is 29.2 Å². The number of halogens is 1. The number of hydrogen-bond donors (Lipinski definition) is 3. The lowest BCUT2D eigenvalue weighted by molar-refractivity contribution is -0.140. The molecule has 3 heterocycles. The maximum atomic E-state index is 12.9. The second-order valence-electron chi connectivity index (χ2n) is 9.55. The Morgan fingerprint density at radius 1 is 1.03 bits per heavy atom. The number of pyridine rings is 1. The topological polar surface area (TPSA) is 122 Å². The van der Waals surface area contributed by atoms with Gasteiger partial charge in [0.25, 0.3) is 5.91 Å². The maximum Gasteiger partial charge on any atom is 0.528 e. The van der Waals surface area contributed by atoms with Crippen LogP contribution in [0.2, 0.25) is 4.34 Å². The van der Waals surface area contributed by atoms with Crippen LogP contribution in [0.1, 0.15) is 45.9 Å². The van der Waals surface area contributed by atoms with Crippen LogP contribution in [0.25, 0.3) is 0 Å². The number of amides is 3. The molecule has 0 atom stereocenters. The molecule has 35 heavy (non-hydrogen) atoms. The largest absolute Gasteiger partial charge is 0.528 e. The van der Waals surface area contributed by atoms with Gasteiger partial charge in [-0.2, -0.15) is 0 Å². The number of urea groups is 1. The van der Waals surface area contributed by atoms with Crippen molar-refractivity contribution in [3.05, 3.63) is 39.9 Å². The fourth-order valence-electron chi connectivity index (χ4n) is 3.23. The lowest BCUT2D eigenvalue weighted by atomic mass is 10.0. The quantitative estimate of drug-likeness (QED) is 0.489. The number of hydrogen-bond acceptors (Lipinski definition) is 8. The van der Waals surface area contributed by atoms with E-state index in [4.69, 9.17) is 21.2 Å². The summed E-state index contributed by atoms with van der Waals surface area (Å²) in [5.74, 6) is -0.0524. The van der Waals surface area contributed by atoms with Gasteiger partial charge in [0.2, 0.25) is 0 Å². The zero-order chi connectivity index (χ0) is 25.8. The molecule has 0 spiro atoms. The Morgan fingerprint density at radius 3 is 2.40 bits per heavy atom. The van der Waals surface area contributed by atoms with Gasteiger partial charge in [0.1, 0.15) is 17.0 Å². The lowest BCUT2D eigenvalue weighted by Crippen LogP contribution is -2.53. The molecule has 3 rings (SSSR count). The summed E-state index contributed by atoms with van der Waals surface area (Å²) in [6.45, 7) is 9.45. The standard InChI is InChI=1S/C23H30ClN5O5S/c1-22(2,3)33-21(32)34-29-12-10-14-6-8-17(25-15(14)11-13-29)26-19(30)23(4,5)28-20(31)27-18-9-7-16(24)35-18/h6-9H,10-13H2,1-5H3,(H,25,26,30)(H2,27,28,31). The molecule has 0 saturated carbocycles. The molecule has 190 valence electrons. The second-order valence-corrected chi connectivity index (χ2v) is 11.3. The van der Waals surface area contributed by atoms with Crippen molar-refractivity contribution < 1.29 is 24.0 Å². The molecule has 0 saturated heterocycles. The van der Waals surface area contributed by atoms with Crippen LogP contribution in [0, 0.1) is 0 Å². The third kappa shape index (κ3) is 8.08. The van der Waals surface area contributed by atoms with Gasteiger partial charge in [-0.25, -0.2) is 14.6 Å². The Labute approximate surface area is 213 Å². The SMILES string of the molecule is CC(C)(C)OC(=O)ON1CCc2ccc(NC(=O)C(C)(C)NC(=O)Nc3ccc(Cl)s3)nc2CC1. The third-order valence-corrected chi connectivity index (χ3v) is 6.08. The number of nitrogens with one attached hydrogen (secondary N) is 3. The normalized spacial score (nSPS) is 14.3. The van der Waals surface area contributed by atoms with E-state index in [0.717, 1.165) is 11.3 Å².